The first kappa shape index (κ1) is 14.9. The van der Waals surface area contributed by atoms with Gasteiger partial charge < -0.3 is 5.32 Å². The van der Waals surface area contributed by atoms with E-state index in [0.29, 0.717) is 23.8 Å². The highest BCUT2D eigenvalue weighted by Crippen LogP contribution is 2.26. The van der Waals surface area contributed by atoms with Crippen molar-refractivity contribution in [3.05, 3.63) is 29.8 Å². The predicted molar refractivity (Wildman–Crippen MR) is 79.0 cm³/mol. The van der Waals surface area contributed by atoms with Crippen LogP contribution in [0.15, 0.2) is 24.3 Å². The highest BCUT2D eigenvalue weighted by Gasteiger charge is 2.19. The lowest BCUT2D eigenvalue weighted by molar-refractivity contribution is 0.0939. The Morgan fingerprint density at radius 3 is 2.60 bits per heavy atom. The molecule has 1 fully saturated rings. The predicted octanol–water partition coefficient (Wildman–Crippen LogP) is 3.32. The fourth-order valence-electron chi connectivity index (χ4n) is 1.99. The number of carbonyl (C=O) groups is 1. The van der Waals surface area contributed by atoms with Crippen LogP contribution in [0.3, 0.4) is 0 Å². The van der Waals surface area contributed by atoms with Crippen molar-refractivity contribution in [3.63, 3.8) is 0 Å². The Kier molecular flexibility index (Phi) is 5.50. The summed E-state index contributed by atoms with van der Waals surface area (Å²) in [6.45, 7) is 2.93. The van der Waals surface area contributed by atoms with Crippen LogP contribution in [0.4, 0.5) is 5.69 Å². The first-order valence-electron chi connectivity index (χ1n) is 6.94. The Hall–Kier alpha value is -1.45. The molecular weight excluding hydrogens is 275 g/mol. The molecule has 0 heterocycles. The van der Waals surface area contributed by atoms with Gasteiger partial charge in [0.25, 0.3) is 5.91 Å². The summed E-state index contributed by atoms with van der Waals surface area (Å²) in [6, 6.07) is 6.89. The Morgan fingerprint density at radius 2 is 2.05 bits per heavy atom. The summed E-state index contributed by atoms with van der Waals surface area (Å²) in [4.78, 5) is 11.9. The van der Waals surface area contributed by atoms with Gasteiger partial charge in [-0.3, -0.25) is 4.79 Å². The molecule has 0 saturated heterocycles. The van der Waals surface area contributed by atoms with E-state index >= 15 is 0 Å². The summed E-state index contributed by atoms with van der Waals surface area (Å²) in [5, 5.41) is 5.67. The van der Waals surface area contributed by atoms with E-state index in [9.17, 15) is 9.36 Å². The second-order valence-corrected chi connectivity index (χ2v) is 5.87. The van der Waals surface area contributed by atoms with E-state index in [1.54, 1.807) is 31.2 Å². The molecule has 1 amide bonds. The molecule has 1 saturated carbocycles. The number of hydrogen-bond acceptors (Lipinski definition) is 3. The average Bonchev–Trinajstić information content (AvgIpc) is 2.38. The van der Waals surface area contributed by atoms with E-state index in [-0.39, 0.29) is 5.91 Å². The second-order valence-electron chi connectivity index (χ2n) is 4.87. The van der Waals surface area contributed by atoms with Gasteiger partial charge in [-0.2, -0.15) is 5.09 Å². The Morgan fingerprint density at radius 1 is 1.35 bits per heavy atom. The molecule has 1 atom stereocenters. The van der Waals surface area contributed by atoms with Crippen LogP contribution in [-0.2, 0) is 9.09 Å². The van der Waals surface area contributed by atoms with Crippen molar-refractivity contribution in [2.45, 2.75) is 26.2 Å². The zero-order valence-electron chi connectivity index (χ0n) is 11.6. The number of benzene rings is 1. The molecule has 6 heteroatoms. The summed E-state index contributed by atoms with van der Waals surface area (Å²) in [5.41, 5.74) is 1.29. The maximum atomic E-state index is 11.9. The van der Waals surface area contributed by atoms with Gasteiger partial charge in [0, 0.05) is 12.1 Å². The maximum Gasteiger partial charge on any atom is 0.643 e. The minimum absolute atomic E-state index is 0.0577. The largest absolute Gasteiger partial charge is 0.643 e. The quantitative estimate of drug-likeness (QED) is 0.757. The minimum Gasteiger partial charge on any atom is -0.352 e. The number of carbonyl (C=O) groups excluding carboxylic acids is 1. The van der Waals surface area contributed by atoms with Gasteiger partial charge in [0.2, 0.25) is 0 Å². The van der Waals surface area contributed by atoms with Gasteiger partial charge in [-0.05, 0) is 54.5 Å². The molecule has 108 valence electrons. The first-order chi connectivity index (χ1) is 9.69. The van der Waals surface area contributed by atoms with E-state index in [0.717, 1.165) is 6.54 Å². The first-order valence-corrected chi connectivity index (χ1v) is 8.12. The van der Waals surface area contributed by atoms with E-state index in [2.05, 4.69) is 10.4 Å². The molecule has 0 radical (unpaired) electrons. The molecule has 0 aliphatic heterocycles. The Bertz CT molecular complexity index is 472. The maximum absolute atomic E-state index is 11.9. The molecule has 1 aromatic carbocycles. The zero-order valence-corrected chi connectivity index (χ0v) is 12.5. The van der Waals surface area contributed by atoms with Crippen LogP contribution in [0, 0.1) is 5.92 Å². The van der Waals surface area contributed by atoms with Gasteiger partial charge in [-0.25, -0.2) is 0 Å². The summed E-state index contributed by atoms with van der Waals surface area (Å²) >= 11 is 0. The van der Waals surface area contributed by atoms with Gasteiger partial charge in [0.1, 0.15) is 6.61 Å². The summed E-state index contributed by atoms with van der Waals surface area (Å²) in [6.07, 6.45) is 3.71. The van der Waals surface area contributed by atoms with Gasteiger partial charge in [0.15, 0.2) is 0 Å². The number of hydrogen-bond donors (Lipinski definition) is 2. The Balaban J connectivity index is 1.83. The van der Waals surface area contributed by atoms with Gasteiger partial charge in [-0.15, -0.1) is 4.52 Å². The van der Waals surface area contributed by atoms with Crippen molar-refractivity contribution in [3.8, 4) is 0 Å². The fraction of sp³-hybridized carbons (Fsp3) is 0.500. The standard InChI is InChI=1S/C14H19N2O3P/c1-2-19-20(18)16-13-8-6-12(7-9-13)14(17)15-10-11-4-3-5-11/h6-9,11H,2-5,10H2,1H3,(H-,15,16,17,18)/p+1. The smallest absolute Gasteiger partial charge is 0.352 e. The molecular formula is C14H20N2O3P+. The Labute approximate surface area is 120 Å². The highest BCUT2D eigenvalue weighted by molar-refractivity contribution is 7.40. The van der Waals surface area contributed by atoms with Crippen molar-refractivity contribution in [2.24, 2.45) is 5.92 Å². The monoisotopic (exact) mass is 295 g/mol. The third kappa shape index (κ3) is 4.29. The highest BCUT2D eigenvalue weighted by atomic mass is 31.1. The lowest BCUT2D eigenvalue weighted by Crippen LogP contribution is -2.32. The molecule has 0 spiro atoms. The number of anilines is 1. The minimum atomic E-state index is -1.89. The summed E-state index contributed by atoms with van der Waals surface area (Å²) in [7, 11) is -1.89. The third-order valence-electron chi connectivity index (χ3n) is 3.39. The van der Waals surface area contributed by atoms with Crippen LogP contribution in [0.5, 0.6) is 0 Å². The van der Waals surface area contributed by atoms with Crippen molar-refractivity contribution in [1.29, 1.82) is 0 Å². The zero-order chi connectivity index (χ0) is 14.4. The summed E-state index contributed by atoms with van der Waals surface area (Å²) in [5.74, 6) is 0.591. The molecule has 0 aromatic heterocycles. The third-order valence-corrected chi connectivity index (χ3v) is 4.32. The van der Waals surface area contributed by atoms with Crippen LogP contribution >= 0.6 is 8.18 Å². The fourth-order valence-corrected chi connectivity index (χ4v) is 2.65. The van der Waals surface area contributed by atoms with Crippen molar-refractivity contribution >= 4 is 19.8 Å². The molecule has 1 aliphatic carbocycles. The molecule has 1 aliphatic rings. The average molecular weight is 295 g/mol. The van der Waals surface area contributed by atoms with E-state index in [4.69, 9.17) is 4.52 Å². The molecule has 2 N–H and O–H groups in total. The van der Waals surface area contributed by atoms with Crippen LogP contribution in [0.25, 0.3) is 0 Å². The van der Waals surface area contributed by atoms with E-state index in [1.807, 2.05) is 0 Å². The molecule has 1 aromatic rings. The number of rotatable bonds is 7. The normalized spacial score (nSPS) is 15.3. The van der Waals surface area contributed by atoms with E-state index in [1.165, 1.54) is 19.3 Å². The molecule has 1 unspecified atom stereocenters. The molecule has 2 rings (SSSR count). The van der Waals surface area contributed by atoms with Crippen LogP contribution in [0.2, 0.25) is 0 Å². The second kappa shape index (κ2) is 7.36. The summed E-state index contributed by atoms with van der Waals surface area (Å²) < 4.78 is 16.3. The molecule has 20 heavy (non-hydrogen) atoms. The van der Waals surface area contributed by atoms with Gasteiger partial charge in [-0.1, -0.05) is 6.42 Å². The topological polar surface area (TPSA) is 67.4 Å². The van der Waals surface area contributed by atoms with Crippen LogP contribution in [-0.4, -0.2) is 19.1 Å². The van der Waals surface area contributed by atoms with Crippen molar-refractivity contribution in [1.82, 2.24) is 5.32 Å². The van der Waals surface area contributed by atoms with Gasteiger partial charge >= 0.3 is 8.18 Å². The SMILES string of the molecule is CCO[P+](=O)Nc1ccc(C(=O)NCC2CCC2)cc1. The van der Waals surface area contributed by atoms with E-state index < -0.39 is 8.18 Å². The van der Waals surface area contributed by atoms with Crippen molar-refractivity contribution < 1.29 is 13.9 Å². The van der Waals surface area contributed by atoms with Crippen molar-refractivity contribution in [2.75, 3.05) is 18.2 Å². The van der Waals surface area contributed by atoms with Crippen LogP contribution in [0.1, 0.15) is 36.5 Å². The lowest BCUT2D eigenvalue weighted by atomic mass is 9.85. The number of amides is 1. The number of nitrogens with one attached hydrogen (secondary N) is 2. The molecule has 0 bridgehead atoms. The van der Waals surface area contributed by atoms with Gasteiger partial charge in [0.05, 0.1) is 5.69 Å². The van der Waals surface area contributed by atoms with Crippen LogP contribution < -0.4 is 10.4 Å². The molecule has 5 nitrogen and oxygen atoms in total. The lowest BCUT2D eigenvalue weighted by Gasteiger charge is -2.25.